The molecule has 2 N–H and O–H groups in total. The lowest BCUT2D eigenvalue weighted by Gasteiger charge is -2.12. The standard InChI is InChI=1S/C12H25NO/c1-10(2)9-12(14)8-6-5-7-11(3)13-4/h10,12-14H,3,5-9H2,1-2,4H3. The summed E-state index contributed by atoms with van der Waals surface area (Å²) in [6.45, 7) is 8.15. The summed E-state index contributed by atoms with van der Waals surface area (Å²) in [7, 11) is 1.90. The number of aliphatic hydroxyl groups is 1. The summed E-state index contributed by atoms with van der Waals surface area (Å²) in [4.78, 5) is 0. The lowest BCUT2D eigenvalue weighted by molar-refractivity contribution is 0.136. The molecule has 0 saturated heterocycles. The Morgan fingerprint density at radius 2 is 2.00 bits per heavy atom. The number of allylic oxidation sites excluding steroid dienone is 1. The molecule has 0 heterocycles. The van der Waals surface area contributed by atoms with Gasteiger partial charge in [0.25, 0.3) is 0 Å². The minimum Gasteiger partial charge on any atom is -0.393 e. The van der Waals surface area contributed by atoms with E-state index < -0.39 is 0 Å². The number of hydrogen-bond donors (Lipinski definition) is 2. The molecule has 1 unspecified atom stereocenters. The van der Waals surface area contributed by atoms with E-state index in [0.29, 0.717) is 5.92 Å². The van der Waals surface area contributed by atoms with E-state index in [-0.39, 0.29) is 6.10 Å². The van der Waals surface area contributed by atoms with Crippen molar-refractivity contribution in [1.29, 1.82) is 0 Å². The Morgan fingerprint density at radius 3 is 2.50 bits per heavy atom. The van der Waals surface area contributed by atoms with Crippen molar-refractivity contribution in [2.45, 2.75) is 52.1 Å². The van der Waals surface area contributed by atoms with Crippen molar-refractivity contribution in [3.63, 3.8) is 0 Å². The first kappa shape index (κ1) is 13.5. The Balaban J connectivity index is 3.31. The van der Waals surface area contributed by atoms with Gasteiger partial charge in [0.15, 0.2) is 0 Å². The fourth-order valence-electron chi connectivity index (χ4n) is 1.51. The van der Waals surface area contributed by atoms with Crippen LogP contribution in [0.25, 0.3) is 0 Å². The van der Waals surface area contributed by atoms with E-state index in [9.17, 15) is 5.11 Å². The third-order valence-electron chi connectivity index (χ3n) is 2.36. The first-order valence-electron chi connectivity index (χ1n) is 5.59. The quantitative estimate of drug-likeness (QED) is 0.589. The molecule has 2 heteroatoms. The summed E-state index contributed by atoms with van der Waals surface area (Å²) in [5, 5.41) is 12.6. The maximum Gasteiger partial charge on any atom is 0.0542 e. The highest BCUT2D eigenvalue weighted by molar-refractivity contribution is 4.88. The van der Waals surface area contributed by atoms with Crippen LogP contribution in [0.15, 0.2) is 12.3 Å². The van der Waals surface area contributed by atoms with Gasteiger partial charge in [0.2, 0.25) is 0 Å². The highest BCUT2D eigenvalue weighted by atomic mass is 16.3. The average Bonchev–Trinajstić information content (AvgIpc) is 2.10. The van der Waals surface area contributed by atoms with Gasteiger partial charge in [-0.2, -0.15) is 0 Å². The Kier molecular flexibility index (Phi) is 7.58. The molecule has 0 spiro atoms. The predicted octanol–water partition coefficient (Wildman–Crippen LogP) is 2.69. The van der Waals surface area contributed by atoms with Crippen LogP contribution in [0.3, 0.4) is 0 Å². The number of unbranched alkanes of at least 4 members (excludes halogenated alkanes) is 1. The van der Waals surface area contributed by atoms with Crippen molar-refractivity contribution in [1.82, 2.24) is 5.32 Å². The van der Waals surface area contributed by atoms with Crippen LogP contribution in [-0.2, 0) is 0 Å². The van der Waals surface area contributed by atoms with Crippen molar-refractivity contribution in [3.05, 3.63) is 12.3 Å². The van der Waals surface area contributed by atoms with E-state index in [1.54, 1.807) is 0 Å². The van der Waals surface area contributed by atoms with Crippen LogP contribution in [0.2, 0.25) is 0 Å². The van der Waals surface area contributed by atoms with Gasteiger partial charge in [-0.1, -0.05) is 26.8 Å². The topological polar surface area (TPSA) is 32.3 Å². The Bertz CT molecular complexity index is 154. The van der Waals surface area contributed by atoms with Crippen LogP contribution in [0.5, 0.6) is 0 Å². The van der Waals surface area contributed by atoms with Crippen LogP contribution in [0.1, 0.15) is 46.0 Å². The minimum absolute atomic E-state index is 0.113. The molecular weight excluding hydrogens is 174 g/mol. The molecule has 0 amide bonds. The molecule has 84 valence electrons. The zero-order valence-corrected chi connectivity index (χ0v) is 9.84. The zero-order chi connectivity index (χ0) is 11.0. The first-order chi connectivity index (χ1) is 6.56. The molecule has 0 fully saturated rings. The molecule has 0 saturated carbocycles. The largest absolute Gasteiger partial charge is 0.393 e. The van der Waals surface area contributed by atoms with Gasteiger partial charge in [0.05, 0.1) is 6.10 Å². The van der Waals surface area contributed by atoms with Crippen LogP contribution >= 0.6 is 0 Å². The van der Waals surface area contributed by atoms with E-state index in [0.717, 1.165) is 37.8 Å². The molecule has 0 aromatic rings. The first-order valence-corrected chi connectivity index (χ1v) is 5.59. The van der Waals surface area contributed by atoms with Crippen LogP contribution < -0.4 is 5.32 Å². The van der Waals surface area contributed by atoms with Crippen LogP contribution in [-0.4, -0.2) is 18.3 Å². The van der Waals surface area contributed by atoms with Gasteiger partial charge in [-0.25, -0.2) is 0 Å². The summed E-state index contributed by atoms with van der Waals surface area (Å²) in [5.74, 6) is 0.595. The second-order valence-corrected chi connectivity index (χ2v) is 4.38. The molecule has 0 aromatic carbocycles. The molecule has 0 bridgehead atoms. The fraction of sp³-hybridized carbons (Fsp3) is 0.833. The second-order valence-electron chi connectivity index (χ2n) is 4.38. The number of aliphatic hydroxyl groups excluding tert-OH is 1. The van der Waals surface area contributed by atoms with Gasteiger partial charge >= 0.3 is 0 Å². The SMILES string of the molecule is C=C(CCCCC(O)CC(C)C)NC. The second kappa shape index (κ2) is 7.86. The van der Waals surface area contributed by atoms with E-state index in [4.69, 9.17) is 0 Å². The molecule has 0 aliphatic carbocycles. The van der Waals surface area contributed by atoms with Crippen molar-refractivity contribution in [2.24, 2.45) is 5.92 Å². The fourth-order valence-corrected chi connectivity index (χ4v) is 1.51. The molecule has 2 nitrogen and oxygen atoms in total. The zero-order valence-electron chi connectivity index (χ0n) is 9.84. The van der Waals surface area contributed by atoms with E-state index >= 15 is 0 Å². The van der Waals surface area contributed by atoms with Crippen LogP contribution in [0.4, 0.5) is 0 Å². The average molecular weight is 199 g/mol. The summed E-state index contributed by atoms with van der Waals surface area (Å²) >= 11 is 0. The van der Waals surface area contributed by atoms with Crippen molar-refractivity contribution < 1.29 is 5.11 Å². The summed E-state index contributed by atoms with van der Waals surface area (Å²) in [6.07, 6.45) is 4.97. The van der Waals surface area contributed by atoms with Gasteiger partial charge in [-0.05, 0) is 31.6 Å². The normalized spacial score (nSPS) is 12.9. The molecule has 0 aromatic heterocycles. The maximum absolute atomic E-state index is 9.60. The summed E-state index contributed by atoms with van der Waals surface area (Å²) in [5.41, 5.74) is 1.09. The van der Waals surface area contributed by atoms with Gasteiger partial charge in [-0.3, -0.25) is 0 Å². The van der Waals surface area contributed by atoms with E-state index in [1.807, 2.05) is 7.05 Å². The van der Waals surface area contributed by atoms with E-state index in [1.165, 1.54) is 0 Å². The van der Waals surface area contributed by atoms with Gasteiger partial charge in [0.1, 0.15) is 0 Å². The summed E-state index contributed by atoms with van der Waals surface area (Å²) < 4.78 is 0. The third-order valence-corrected chi connectivity index (χ3v) is 2.36. The van der Waals surface area contributed by atoms with Crippen molar-refractivity contribution in [3.8, 4) is 0 Å². The van der Waals surface area contributed by atoms with Gasteiger partial charge in [0, 0.05) is 12.7 Å². The molecular formula is C12H25NO. The minimum atomic E-state index is -0.113. The number of nitrogens with one attached hydrogen (secondary N) is 1. The summed E-state index contributed by atoms with van der Waals surface area (Å²) in [6, 6.07) is 0. The Morgan fingerprint density at radius 1 is 1.36 bits per heavy atom. The molecule has 0 radical (unpaired) electrons. The van der Waals surface area contributed by atoms with Crippen molar-refractivity contribution >= 4 is 0 Å². The lowest BCUT2D eigenvalue weighted by atomic mass is 10.0. The molecule has 14 heavy (non-hydrogen) atoms. The van der Waals surface area contributed by atoms with Crippen molar-refractivity contribution in [2.75, 3.05) is 7.05 Å². The number of rotatable bonds is 8. The monoisotopic (exact) mass is 199 g/mol. The molecule has 1 atom stereocenters. The Labute approximate surface area is 88.4 Å². The maximum atomic E-state index is 9.60. The van der Waals surface area contributed by atoms with Crippen LogP contribution in [0, 0.1) is 5.92 Å². The highest BCUT2D eigenvalue weighted by Gasteiger charge is 2.06. The third kappa shape index (κ3) is 8.11. The highest BCUT2D eigenvalue weighted by Crippen LogP contribution is 2.12. The predicted molar refractivity (Wildman–Crippen MR) is 62.1 cm³/mol. The van der Waals surface area contributed by atoms with E-state index in [2.05, 4.69) is 25.7 Å². The molecule has 0 aliphatic rings. The van der Waals surface area contributed by atoms with Gasteiger partial charge < -0.3 is 10.4 Å². The molecule has 0 rings (SSSR count). The lowest BCUT2D eigenvalue weighted by Crippen LogP contribution is -2.10. The smallest absolute Gasteiger partial charge is 0.0542 e. The number of hydrogen-bond acceptors (Lipinski definition) is 2. The molecule has 0 aliphatic heterocycles. The van der Waals surface area contributed by atoms with Gasteiger partial charge in [-0.15, -0.1) is 0 Å². The Hall–Kier alpha value is -0.500.